The molecule has 20 heavy (non-hydrogen) atoms. The average molecular weight is 284 g/mol. The van der Waals surface area contributed by atoms with Crippen molar-refractivity contribution in [3.63, 3.8) is 0 Å². The first-order chi connectivity index (χ1) is 9.38. The number of hydrogen-bond donors (Lipinski definition) is 1. The molecule has 0 amide bonds. The number of pyridine rings is 1. The van der Waals surface area contributed by atoms with Crippen molar-refractivity contribution in [2.45, 2.75) is 32.9 Å². The Bertz CT molecular complexity index is 599. The Kier molecular flexibility index (Phi) is 3.69. The van der Waals surface area contributed by atoms with Crippen LogP contribution in [0.15, 0.2) is 18.3 Å². The maximum absolute atomic E-state index is 12.5. The number of nitrogens with zero attached hydrogens (tertiary/aromatic N) is 3. The summed E-state index contributed by atoms with van der Waals surface area (Å²) >= 11 is 0. The fourth-order valence-corrected chi connectivity index (χ4v) is 1.99. The number of anilines is 1. The highest BCUT2D eigenvalue weighted by Gasteiger charge is 2.30. The number of aryl methyl sites for hydroxylation is 1. The van der Waals surface area contributed by atoms with Crippen LogP contribution in [0, 0.1) is 0 Å². The zero-order valence-electron chi connectivity index (χ0n) is 11.2. The van der Waals surface area contributed by atoms with Crippen molar-refractivity contribution < 1.29 is 13.2 Å². The Morgan fingerprint density at radius 3 is 2.35 bits per heavy atom. The summed E-state index contributed by atoms with van der Waals surface area (Å²) in [4.78, 5) is 3.84. The van der Waals surface area contributed by atoms with Crippen LogP contribution in [0.1, 0.15) is 30.8 Å². The smallest absolute Gasteiger partial charge is 0.396 e. The fourth-order valence-electron chi connectivity index (χ4n) is 1.99. The fraction of sp³-hybridized carbons (Fsp3) is 0.385. The molecule has 0 aliphatic rings. The van der Waals surface area contributed by atoms with Gasteiger partial charge < -0.3 is 5.73 Å². The van der Waals surface area contributed by atoms with Crippen LogP contribution in [0.25, 0.3) is 5.82 Å². The summed E-state index contributed by atoms with van der Waals surface area (Å²) in [5.74, 6) is 0.334. The van der Waals surface area contributed by atoms with Gasteiger partial charge in [-0.15, -0.1) is 0 Å². The normalized spacial score (nSPS) is 11.8. The van der Waals surface area contributed by atoms with Crippen molar-refractivity contribution >= 4 is 5.69 Å². The molecule has 2 aromatic heterocycles. The van der Waals surface area contributed by atoms with Gasteiger partial charge >= 0.3 is 6.18 Å². The van der Waals surface area contributed by atoms with Crippen LogP contribution in [0.5, 0.6) is 0 Å². The number of aromatic nitrogens is 3. The van der Waals surface area contributed by atoms with Gasteiger partial charge in [0.1, 0.15) is 0 Å². The Hall–Kier alpha value is -2.05. The third kappa shape index (κ3) is 2.48. The number of nitrogens with two attached hydrogens (primary N) is 1. The second kappa shape index (κ2) is 5.15. The molecule has 2 heterocycles. The Balaban J connectivity index is 2.47. The van der Waals surface area contributed by atoms with E-state index in [0.717, 1.165) is 23.7 Å². The van der Waals surface area contributed by atoms with E-state index in [9.17, 15) is 13.2 Å². The third-order valence-electron chi connectivity index (χ3n) is 3.06. The minimum absolute atomic E-state index is 0.334. The molecule has 108 valence electrons. The third-order valence-corrected chi connectivity index (χ3v) is 3.06. The minimum atomic E-state index is -4.39. The monoisotopic (exact) mass is 284 g/mol. The summed E-state index contributed by atoms with van der Waals surface area (Å²) in [6.07, 6.45) is -2.30. The van der Waals surface area contributed by atoms with Crippen molar-refractivity contribution in [2.24, 2.45) is 0 Å². The molecule has 0 saturated carbocycles. The number of halogens is 3. The van der Waals surface area contributed by atoms with Gasteiger partial charge in [0, 0.05) is 6.20 Å². The lowest BCUT2D eigenvalue weighted by Crippen LogP contribution is -2.09. The molecule has 2 rings (SSSR count). The van der Waals surface area contributed by atoms with E-state index >= 15 is 0 Å². The Morgan fingerprint density at radius 1 is 1.20 bits per heavy atom. The molecule has 0 radical (unpaired) electrons. The van der Waals surface area contributed by atoms with Gasteiger partial charge in [0.15, 0.2) is 5.82 Å². The van der Waals surface area contributed by atoms with E-state index in [2.05, 4.69) is 10.1 Å². The van der Waals surface area contributed by atoms with E-state index in [-0.39, 0.29) is 0 Å². The Morgan fingerprint density at radius 2 is 1.90 bits per heavy atom. The van der Waals surface area contributed by atoms with Gasteiger partial charge in [-0.25, -0.2) is 9.67 Å². The molecule has 0 spiro atoms. The summed E-state index contributed by atoms with van der Waals surface area (Å²) in [5.41, 5.74) is 7.25. The van der Waals surface area contributed by atoms with Crippen molar-refractivity contribution in [3.8, 4) is 5.82 Å². The molecule has 0 saturated heterocycles. The largest absolute Gasteiger partial charge is 0.417 e. The summed E-state index contributed by atoms with van der Waals surface area (Å²) in [5, 5.41) is 4.31. The molecule has 0 bridgehead atoms. The maximum atomic E-state index is 12.5. The summed E-state index contributed by atoms with van der Waals surface area (Å²) < 4.78 is 39.0. The van der Waals surface area contributed by atoms with Gasteiger partial charge in [0.25, 0.3) is 0 Å². The lowest BCUT2D eigenvalue weighted by molar-refractivity contribution is -0.137. The predicted molar refractivity (Wildman–Crippen MR) is 69.5 cm³/mol. The van der Waals surface area contributed by atoms with E-state index in [4.69, 9.17) is 5.73 Å². The second-order valence-electron chi connectivity index (χ2n) is 4.33. The highest BCUT2D eigenvalue weighted by atomic mass is 19.4. The van der Waals surface area contributed by atoms with Crippen LogP contribution < -0.4 is 5.73 Å². The molecule has 0 fully saturated rings. The number of nitrogen functional groups attached to an aromatic ring is 1. The van der Waals surface area contributed by atoms with E-state index in [1.807, 2.05) is 13.8 Å². The van der Waals surface area contributed by atoms with Gasteiger partial charge in [-0.05, 0) is 25.0 Å². The van der Waals surface area contributed by atoms with Gasteiger partial charge in [0.05, 0.1) is 22.6 Å². The molecule has 0 aliphatic carbocycles. The van der Waals surface area contributed by atoms with E-state index < -0.39 is 11.7 Å². The Labute approximate surface area is 114 Å². The molecule has 0 unspecified atom stereocenters. The maximum Gasteiger partial charge on any atom is 0.417 e. The van der Waals surface area contributed by atoms with E-state index in [1.54, 1.807) is 0 Å². The number of hydrogen-bond acceptors (Lipinski definition) is 3. The zero-order chi connectivity index (χ0) is 14.9. The molecule has 0 aliphatic heterocycles. The lowest BCUT2D eigenvalue weighted by atomic mass is 10.2. The van der Waals surface area contributed by atoms with Gasteiger partial charge in [-0.1, -0.05) is 13.8 Å². The lowest BCUT2D eigenvalue weighted by Gasteiger charge is -2.08. The highest BCUT2D eigenvalue weighted by Crippen LogP contribution is 2.29. The van der Waals surface area contributed by atoms with Crippen LogP contribution in [-0.4, -0.2) is 14.8 Å². The van der Waals surface area contributed by atoms with Gasteiger partial charge in [0.2, 0.25) is 0 Å². The quantitative estimate of drug-likeness (QED) is 0.942. The summed E-state index contributed by atoms with van der Waals surface area (Å²) in [7, 11) is 0. The number of rotatable bonds is 3. The van der Waals surface area contributed by atoms with Crippen LogP contribution in [0.4, 0.5) is 18.9 Å². The molecular formula is C13H15F3N4. The second-order valence-corrected chi connectivity index (χ2v) is 4.33. The number of alkyl halides is 3. The minimum Gasteiger partial charge on any atom is -0.396 e. The van der Waals surface area contributed by atoms with Gasteiger partial charge in [-0.2, -0.15) is 18.3 Å². The first-order valence-corrected chi connectivity index (χ1v) is 6.28. The van der Waals surface area contributed by atoms with Crippen LogP contribution in [-0.2, 0) is 19.0 Å². The van der Waals surface area contributed by atoms with Crippen LogP contribution in [0.3, 0.4) is 0 Å². The summed E-state index contributed by atoms with van der Waals surface area (Å²) in [6.45, 7) is 3.83. The van der Waals surface area contributed by atoms with Crippen molar-refractivity contribution in [1.29, 1.82) is 0 Å². The SMILES string of the molecule is CCc1nn(-c2ccc(C(F)(F)F)cn2)c(CC)c1N. The van der Waals surface area contributed by atoms with Crippen LogP contribution in [0.2, 0.25) is 0 Å². The van der Waals surface area contributed by atoms with E-state index in [0.29, 0.717) is 24.3 Å². The average Bonchev–Trinajstić information content (AvgIpc) is 2.74. The topological polar surface area (TPSA) is 56.7 Å². The predicted octanol–water partition coefficient (Wildman–Crippen LogP) is 2.99. The molecule has 2 aromatic rings. The van der Waals surface area contributed by atoms with Gasteiger partial charge in [-0.3, -0.25) is 0 Å². The zero-order valence-corrected chi connectivity index (χ0v) is 11.2. The molecular weight excluding hydrogens is 269 g/mol. The first-order valence-electron chi connectivity index (χ1n) is 6.28. The van der Waals surface area contributed by atoms with Crippen LogP contribution >= 0.6 is 0 Å². The summed E-state index contributed by atoms with van der Waals surface area (Å²) in [6, 6.07) is 2.29. The highest BCUT2D eigenvalue weighted by molar-refractivity contribution is 5.51. The molecule has 2 N–H and O–H groups in total. The van der Waals surface area contributed by atoms with Crippen molar-refractivity contribution in [2.75, 3.05) is 5.73 Å². The first kappa shape index (κ1) is 14.4. The van der Waals surface area contributed by atoms with E-state index in [1.165, 1.54) is 10.7 Å². The molecule has 0 atom stereocenters. The molecule has 7 heteroatoms. The van der Waals surface area contributed by atoms with Crippen molar-refractivity contribution in [3.05, 3.63) is 35.3 Å². The molecule has 4 nitrogen and oxygen atoms in total. The van der Waals surface area contributed by atoms with Crippen molar-refractivity contribution in [1.82, 2.24) is 14.8 Å². The molecule has 0 aromatic carbocycles. The standard InChI is InChI=1S/C13H15F3N4/c1-3-9-12(17)10(4-2)20(19-9)11-6-5-8(7-18-11)13(14,15)16/h5-7H,3-4,17H2,1-2H3.